The van der Waals surface area contributed by atoms with Crippen LogP contribution >= 0.6 is 23.8 Å². The number of hydrogen-bond acceptors (Lipinski definition) is 2. The van der Waals surface area contributed by atoms with Gasteiger partial charge >= 0.3 is 0 Å². The summed E-state index contributed by atoms with van der Waals surface area (Å²) >= 11 is 11.4. The highest BCUT2D eigenvalue weighted by Gasteiger charge is 2.19. The van der Waals surface area contributed by atoms with Crippen molar-refractivity contribution >= 4 is 34.6 Å². The van der Waals surface area contributed by atoms with Gasteiger partial charge in [0.2, 0.25) is 0 Å². The Hall–Kier alpha value is -0.840. The summed E-state index contributed by atoms with van der Waals surface area (Å²) in [6.45, 7) is 5.59. The number of thiocarbonyl (C=S) groups is 1. The fourth-order valence-electron chi connectivity index (χ4n) is 3.03. The molecule has 2 rings (SSSR count). The summed E-state index contributed by atoms with van der Waals surface area (Å²) in [6, 6.07) is 8.41. The lowest BCUT2D eigenvalue weighted by molar-refractivity contribution is 0.143. The Morgan fingerprint density at radius 3 is 2.95 bits per heavy atom. The van der Waals surface area contributed by atoms with Crippen molar-refractivity contribution < 1.29 is 0 Å². The Kier molecular flexibility index (Phi) is 7.43. The highest BCUT2D eigenvalue weighted by atomic mass is 35.5. The van der Waals surface area contributed by atoms with Crippen LogP contribution in [0.25, 0.3) is 0 Å². The second-order valence-corrected chi connectivity index (χ2v) is 6.62. The summed E-state index contributed by atoms with van der Waals surface area (Å²) in [5.74, 6) is 0. The first-order valence-corrected chi connectivity index (χ1v) is 9.02. The number of halogens is 1. The van der Waals surface area contributed by atoms with Crippen LogP contribution in [0.3, 0.4) is 0 Å². The molecule has 0 unspecified atom stereocenters. The molecular formula is C17H26ClN3S. The second kappa shape index (κ2) is 9.33. The van der Waals surface area contributed by atoms with E-state index in [2.05, 4.69) is 22.5 Å². The van der Waals surface area contributed by atoms with Gasteiger partial charge in [0.1, 0.15) is 0 Å². The van der Waals surface area contributed by atoms with Crippen molar-refractivity contribution in [2.24, 2.45) is 0 Å². The van der Waals surface area contributed by atoms with Crippen molar-refractivity contribution in [2.75, 3.05) is 25.0 Å². The average molecular weight is 340 g/mol. The third-order valence-corrected chi connectivity index (χ3v) is 4.83. The third kappa shape index (κ3) is 5.41. The summed E-state index contributed by atoms with van der Waals surface area (Å²) in [6.07, 6.45) is 6.46. The van der Waals surface area contributed by atoms with Gasteiger partial charge < -0.3 is 15.5 Å². The molecule has 1 aliphatic heterocycles. The lowest BCUT2D eigenvalue weighted by atomic mass is 10.00. The molecule has 1 aliphatic rings. The van der Waals surface area contributed by atoms with Gasteiger partial charge in [-0.3, -0.25) is 0 Å². The van der Waals surface area contributed by atoms with E-state index in [9.17, 15) is 0 Å². The van der Waals surface area contributed by atoms with Crippen LogP contribution in [0.2, 0.25) is 5.02 Å². The minimum absolute atomic E-state index is 0.638. The molecule has 3 nitrogen and oxygen atoms in total. The van der Waals surface area contributed by atoms with E-state index in [-0.39, 0.29) is 0 Å². The van der Waals surface area contributed by atoms with E-state index < -0.39 is 0 Å². The number of likely N-dealkylation sites (tertiary alicyclic amines) is 1. The molecule has 0 radical (unpaired) electrons. The van der Waals surface area contributed by atoms with E-state index in [1.54, 1.807) is 0 Å². The maximum Gasteiger partial charge on any atom is 0.170 e. The van der Waals surface area contributed by atoms with E-state index >= 15 is 0 Å². The van der Waals surface area contributed by atoms with E-state index in [1.165, 1.54) is 32.2 Å². The summed E-state index contributed by atoms with van der Waals surface area (Å²) < 4.78 is 0. The minimum atomic E-state index is 0.638. The Morgan fingerprint density at radius 1 is 1.36 bits per heavy atom. The van der Waals surface area contributed by atoms with Crippen LogP contribution in [0.1, 0.15) is 39.0 Å². The van der Waals surface area contributed by atoms with Crippen molar-refractivity contribution in [1.82, 2.24) is 10.2 Å². The first-order valence-electron chi connectivity index (χ1n) is 8.24. The van der Waals surface area contributed by atoms with Crippen molar-refractivity contribution in [3.8, 4) is 0 Å². The van der Waals surface area contributed by atoms with Gasteiger partial charge in [0.05, 0.1) is 10.7 Å². The van der Waals surface area contributed by atoms with Crippen LogP contribution in [0.15, 0.2) is 24.3 Å². The van der Waals surface area contributed by atoms with Gasteiger partial charge in [0.15, 0.2) is 5.11 Å². The molecule has 0 amide bonds. The molecular weight excluding hydrogens is 314 g/mol. The smallest absolute Gasteiger partial charge is 0.170 e. The minimum Gasteiger partial charge on any atom is -0.362 e. The zero-order valence-corrected chi connectivity index (χ0v) is 14.8. The molecule has 0 aromatic heterocycles. The molecule has 0 saturated carbocycles. The molecule has 1 aromatic carbocycles. The quantitative estimate of drug-likeness (QED) is 0.597. The number of anilines is 1. The van der Waals surface area contributed by atoms with Gasteiger partial charge in [-0.1, -0.05) is 37.1 Å². The van der Waals surface area contributed by atoms with Crippen molar-refractivity contribution in [3.05, 3.63) is 29.3 Å². The van der Waals surface area contributed by atoms with Gasteiger partial charge in [0.25, 0.3) is 0 Å². The normalized spacial score (nSPS) is 18.9. The van der Waals surface area contributed by atoms with E-state index in [0.717, 1.165) is 31.2 Å². The van der Waals surface area contributed by atoms with E-state index in [0.29, 0.717) is 10.1 Å². The lowest BCUT2D eigenvalue weighted by Gasteiger charge is -2.35. The molecule has 0 bridgehead atoms. The number of para-hydroxylation sites is 1. The predicted octanol–water partition coefficient (Wildman–Crippen LogP) is 4.28. The maximum atomic E-state index is 6.11. The Labute approximate surface area is 144 Å². The molecule has 2 N–H and O–H groups in total. The van der Waals surface area contributed by atoms with Crippen molar-refractivity contribution in [2.45, 2.75) is 45.1 Å². The molecule has 1 saturated heterocycles. The first-order chi connectivity index (χ1) is 10.7. The standard InChI is InChI=1S/C17H26ClN3S/c1-2-14-8-5-6-12-21(14)13-7-11-19-17(22)20-16-10-4-3-9-15(16)18/h3-4,9-10,14H,2,5-8,11-13H2,1H3,(H2,19,20,22)/t14-/m0/s1. The summed E-state index contributed by atoms with van der Waals surface area (Å²) in [4.78, 5) is 2.63. The fraction of sp³-hybridized carbons (Fsp3) is 0.588. The van der Waals surface area contributed by atoms with Crippen LogP contribution in [-0.2, 0) is 0 Å². The van der Waals surface area contributed by atoms with Gasteiger partial charge in [0, 0.05) is 19.1 Å². The molecule has 0 spiro atoms. The summed E-state index contributed by atoms with van der Waals surface area (Å²) in [5.41, 5.74) is 0.851. The number of benzene rings is 1. The second-order valence-electron chi connectivity index (χ2n) is 5.81. The topological polar surface area (TPSA) is 27.3 Å². The van der Waals surface area contributed by atoms with Crippen LogP contribution in [-0.4, -0.2) is 35.7 Å². The molecule has 1 aromatic rings. The van der Waals surface area contributed by atoms with Crippen LogP contribution in [0.5, 0.6) is 0 Å². The zero-order valence-electron chi connectivity index (χ0n) is 13.3. The summed E-state index contributed by atoms with van der Waals surface area (Å²) in [7, 11) is 0. The van der Waals surface area contributed by atoms with E-state index in [4.69, 9.17) is 23.8 Å². The van der Waals surface area contributed by atoms with Gasteiger partial charge in [-0.2, -0.15) is 0 Å². The third-order valence-electron chi connectivity index (χ3n) is 4.25. The predicted molar refractivity (Wildman–Crippen MR) is 99.8 cm³/mol. The van der Waals surface area contributed by atoms with Crippen molar-refractivity contribution in [1.29, 1.82) is 0 Å². The van der Waals surface area contributed by atoms with Gasteiger partial charge in [-0.05, 0) is 56.6 Å². The van der Waals surface area contributed by atoms with Gasteiger partial charge in [-0.25, -0.2) is 0 Å². The van der Waals surface area contributed by atoms with Gasteiger partial charge in [-0.15, -0.1) is 0 Å². The van der Waals surface area contributed by atoms with E-state index in [1.807, 2.05) is 24.3 Å². The SMILES string of the molecule is CC[C@H]1CCCCN1CCCNC(=S)Nc1ccccc1Cl. The Morgan fingerprint density at radius 2 is 2.18 bits per heavy atom. The lowest BCUT2D eigenvalue weighted by Crippen LogP contribution is -2.40. The Bertz CT molecular complexity index is 481. The molecule has 0 aliphatic carbocycles. The zero-order chi connectivity index (χ0) is 15.8. The number of nitrogens with zero attached hydrogens (tertiary/aromatic N) is 1. The highest BCUT2D eigenvalue weighted by molar-refractivity contribution is 7.80. The Balaban J connectivity index is 1.66. The number of hydrogen-bond donors (Lipinski definition) is 2. The molecule has 122 valence electrons. The molecule has 1 atom stereocenters. The monoisotopic (exact) mass is 339 g/mol. The number of nitrogens with one attached hydrogen (secondary N) is 2. The van der Waals surface area contributed by atoms with Crippen LogP contribution < -0.4 is 10.6 Å². The van der Waals surface area contributed by atoms with Crippen LogP contribution in [0.4, 0.5) is 5.69 Å². The largest absolute Gasteiger partial charge is 0.362 e. The first kappa shape index (κ1) is 17.5. The number of piperidine rings is 1. The molecule has 5 heteroatoms. The number of rotatable bonds is 6. The molecule has 1 fully saturated rings. The maximum absolute atomic E-state index is 6.11. The van der Waals surface area contributed by atoms with Crippen LogP contribution in [0, 0.1) is 0 Å². The van der Waals surface area contributed by atoms with Crippen molar-refractivity contribution in [3.63, 3.8) is 0 Å². The molecule has 1 heterocycles. The summed E-state index contributed by atoms with van der Waals surface area (Å²) in [5, 5.41) is 7.73. The fourth-order valence-corrected chi connectivity index (χ4v) is 3.42. The molecule has 22 heavy (non-hydrogen) atoms. The highest BCUT2D eigenvalue weighted by Crippen LogP contribution is 2.20. The average Bonchev–Trinajstić information content (AvgIpc) is 2.54.